The van der Waals surface area contributed by atoms with E-state index in [9.17, 15) is 9.59 Å². The summed E-state index contributed by atoms with van der Waals surface area (Å²) in [4.78, 5) is 22.2. The number of carboxylic acids is 1. The highest BCUT2D eigenvalue weighted by atomic mass is 16.5. The fraction of sp³-hybridized carbons (Fsp3) is 0.385. The summed E-state index contributed by atoms with van der Waals surface area (Å²) < 4.78 is 5.02. The molecule has 0 bridgehead atoms. The van der Waals surface area contributed by atoms with Crippen molar-refractivity contribution in [1.82, 2.24) is 5.32 Å². The molecule has 0 aliphatic heterocycles. The van der Waals surface area contributed by atoms with E-state index < -0.39 is 18.0 Å². The Hall–Kier alpha value is -2.04. The van der Waals surface area contributed by atoms with Gasteiger partial charge in [0.1, 0.15) is 6.61 Å². The standard InChI is InChI=1S/C13H15NO4/c15-12(16)10-6-7-11(10)14-13(17)18-8-9-4-2-1-3-5-9/h1-5,10-11H,6-8H2,(H,14,17)(H,15,16)/t10-,11-/m1/s1. The summed E-state index contributed by atoms with van der Waals surface area (Å²) in [6.45, 7) is 0.192. The number of rotatable bonds is 4. The van der Waals surface area contributed by atoms with Crippen LogP contribution >= 0.6 is 0 Å². The van der Waals surface area contributed by atoms with Crippen LogP contribution in [-0.2, 0) is 16.1 Å². The first-order valence-corrected chi connectivity index (χ1v) is 5.87. The third-order valence-corrected chi connectivity index (χ3v) is 3.11. The molecule has 5 nitrogen and oxygen atoms in total. The maximum atomic E-state index is 11.5. The van der Waals surface area contributed by atoms with Gasteiger partial charge in [0.25, 0.3) is 0 Å². The predicted octanol–water partition coefficient (Wildman–Crippen LogP) is 1.78. The number of carbonyl (C=O) groups is 2. The molecule has 96 valence electrons. The Labute approximate surface area is 105 Å². The van der Waals surface area contributed by atoms with Crippen molar-refractivity contribution in [3.63, 3.8) is 0 Å². The van der Waals surface area contributed by atoms with Gasteiger partial charge >= 0.3 is 12.1 Å². The van der Waals surface area contributed by atoms with Crippen LogP contribution in [-0.4, -0.2) is 23.2 Å². The molecule has 1 amide bonds. The van der Waals surface area contributed by atoms with Crippen LogP contribution in [0.4, 0.5) is 4.79 Å². The number of hydrogen-bond donors (Lipinski definition) is 2. The first-order valence-electron chi connectivity index (χ1n) is 5.87. The molecule has 0 spiro atoms. The Morgan fingerprint density at radius 3 is 2.56 bits per heavy atom. The number of ether oxygens (including phenoxy) is 1. The van der Waals surface area contributed by atoms with Crippen molar-refractivity contribution >= 4 is 12.1 Å². The zero-order chi connectivity index (χ0) is 13.0. The minimum atomic E-state index is -0.866. The molecule has 0 radical (unpaired) electrons. The van der Waals surface area contributed by atoms with Crippen LogP contribution in [0.15, 0.2) is 30.3 Å². The maximum absolute atomic E-state index is 11.5. The SMILES string of the molecule is O=C(N[C@@H]1CC[C@H]1C(=O)O)OCc1ccccc1. The number of aliphatic carboxylic acids is 1. The first-order chi connectivity index (χ1) is 8.66. The lowest BCUT2D eigenvalue weighted by Crippen LogP contribution is -2.50. The molecule has 18 heavy (non-hydrogen) atoms. The van der Waals surface area contributed by atoms with Gasteiger partial charge in [-0.2, -0.15) is 0 Å². The monoisotopic (exact) mass is 249 g/mol. The largest absolute Gasteiger partial charge is 0.481 e. The molecule has 0 saturated heterocycles. The van der Waals surface area contributed by atoms with E-state index in [1.54, 1.807) is 0 Å². The summed E-state index contributed by atoms with van der Waals surface area (Å²) in [5, 5.41) is 11.4. The lowest BCUT2D eigenvalue weighted by atomic mass is 9.80. The number of alkyl carbamates (subject to hydrolysis) is 1. The van der Waals surface area contributed by atoms with E-state index in [1.807, 2.05) is 30.3 Å². The summed E-state index contributed by atoms with van der Waals surface area (Å²) in [5.41, 5.74) is 0.899. The Morgan fingerprint density at radius 2 is 2.00 bits per heavy atom. The number of carboxylic acid groups (broad SMARTS) is 1. The third-order valence-electron chi connectivity index (χ3n) is 3.11. The van der Waals surface area contributed by atoms with Gasteiger partial charge in [0, 0.05) is 6.04 Å². The number of carbonyl (C=O) groups excluding carboxylic acids is 1. The van der Waals surface area contributed by atoms with E-state index >= 15 is 0 Å². The Balaban J connectivity index is 1.74. The van der Waals surface area contributed by atoms with Crippen molar-refractivity contribution in [1.29, 1.82) is 0 Å². The molecule has 2 N–H and O–H groups in total. The van der Waals surface area contributed by atoms with E-state index in [0.717, 1.165) is 5.56 Å². The molecule has 1 aromatic rings. The zero-order valence-electron chi connectivity index (χ0n) is 9.83. The van der Waals surface area contributed by atoms with E-state index in [4.69, 9.17) is 9.84 Å². The predicted molar refractivity (Wildman–Crippen MR) is 63.9 cm³/mol. The highest BCUT2D eigenvalue weighted by Gasteiger charge is 2.37. The molecule has 1 aliphatic rings. The number of amides is 1. The molecule has 2 atom stereocenters. The molecule has 0 heterocycles. The van der Waals surface area contributed by atoms with Gasteiger partial charge < -0.3 is 15.2 Å². The number of benzene rings is 1. The zero-order valence-corrected chi connectivity index (χ0v) is 9.83. The van der Waals surface area contributed by atoms with Crippen molar-refractivity contribution in [3.05, 3.63) is 35.9 Å². The van der Waals surface area contributed by atoms with Gasteiger partial charge in [-0.15, -0.1) is 0 Å². The second kappa shape index (κ2) is 5.53. The van der Waals surface area contributed by atoms with Gasteiger partial charge in [0.05, 0.1) is 5.92 Å². The first kappa shape index (κ1) is 12.4. The topological polar surface area (TPSA) is 75.6 Å². The fourth-order valence-corrected chi connectivity index (χ4v) is 1.88. The van der Waals surface area contributed by atoms with Crippen LogP contribution in [0.3, 0.4) is 0 Å². The molecule has 1 aromatic carbocycles. The molecule has 5 heteroatoms. The van der Waals surface area contributed by atoms with E-state index in [2.05, 4.69) is 5.32 Å². The van der Waals surface area contributed by atoms with Gasteiger partial charge in [-0.25, -0.2) is 4.79 Å². The second-order valence-corrected chi connectivity index (χ2v) is 4.33. The lowest BCUT2D eigenvalue weighted by molar-refractivity contribution is -0.145. The van der Waals surface area contributed by atoms with Crippen LogP contribution in [0.1, 0.15) is 18.4 Å². The molecule has 0 aromatic heterocycles. The van der Waals surface area contributed by atoms with Crippen molar-refractivity contribution in [2.75, 3.05) is 0 Å². The van der Waals surface area contributed by atoms with Crippen molar-refractivity contribution in [2.24, 2.45) is 5.92 Å². The summed E-state index contributed by atoms with van der Waals surface area (Å²) in [6.07, 6.45) is 0.742. The van der Waals surface area contributed by atoms with E-state index in [-0.39, 0.29) is 12.6 Å². The lowest BCUT2D eigenvalue weighted by Gasteiger charge is -2.33. The third kappa shape index (κ3) is 3.00. The fourth-order valence-electron chi connectivity index (χ4n) is 1.88. The summed E-state index contributed by atoms with van der Waals surface area (Å²) >= 11 is 0. The van der Waals surface area contributed by atoms with Gasteiger partial charge in [-0.05, 0) is 18.4 Å². The van der Waals surface area contributed by atoms with E-state index in [0.29, 0.717) is 12.8 Å². The van der Waals surface area contributed by atoms with Crippen LogP contribution in [0.5, 0.6) is 0 Å². The molecular formula is C13H15NO4. The van der Waals surface area contributed by atoms with Crippen LogP contribution in [0, 0.1) is 5.92 Å². The van der Waals surface area contributed by atoms with Crippen molar-refractivity contribution < 1.29 is 19.4 Å². The molecular weight excluding hydrogens is 234 g/mol. The maximum Gasteiger partial charge on any atom is 0.407 e. The van der Waals surface area contributed by atoms with Gasteiger partial charge in [0.2, 0.25) is 0 Å². The number of nitrogens with one attached hydrogen (secondary N) is 1. The van der Waals surface area contributed by atoms with Gasteiger partial charge in [0.15, 0.2) is 0 Å². The Kier molecular flexibility index (Phi) is 3.82. The van der Waals surface area contributed by atoms with Crippen LogP contribution < -0.4 is 5.32 Å². The van der Waals surface area contributed by atoms with E-state index in [1.165, 1.54) is 0 Å². The van der Waals surface area contributed by atoms with Gasteiger partial charge in [-0.1, -0.05) is 30.3 Å². The second-order valence-electron chi connectivity index (χ2n) is 4.33. The summed E-state index contributed by atoms with van der Waals surface area (Å²) in [6, 6.07) is 9.03. The molecule has 1 saturated carbocycles. The smallest absolute Gasteiger partial charge is 0.407 e. The Bertz CT molecular complexity index is 432. The quantitative estimate of drug-likeness (QED) is 0.852. The minimum absolute atomic E-state index is 0.192. The highest BCUT2D eigenvalue weighted by Crippen LogP contribution is 2.27. The molecule has 1 fully saturated rings. The molecule has 2 rings (SSSR count). The summed E-state index contributed by atoms with van der Waals surface area (Å²) in [5.74, 6) is -1.34. The van der Waals surface area contributed by atoms with Crippen LogP contribution in [0.2, 0.25) is 0 Å². The Morgan fingerprint density at radius 1 is 1.28 bits per heavy atom. The molecule has 0 unspecified atom stereocenters. The van der Waals surface area contributed by atoms with Gasteiger partial charge in [-0.3, -0.25) is 4.79 Å². The number of hydrogen-bond acceptors (Lipinski definition) is 3. The minimum Gasteiger partial charge on any atom is -0.481 e. The summed E-state index contributed by atoms with van der Waals surface area (Å²) in [7, 11) is 0. The van der Waals surface area contributed by atoms with Crippen molar-refractivity contribution in [3.8, 4) is 0 Å². The average molecular weight is 249 g/mol. The molecule has 1 aliphatic carbocycles. The normalized spacial score (nSPS) is 21.8. The highest BCUT2D eigenvalue weighted by molar-refractivity contribution is 5.74. The average Bonchev–Trinajstić information content (AvgIpc) is 2.32. The van der Waals surface area contributed by atoms with Crippen molar-refractivity contribution in [2.45, 2.75) is 25.5 Å². The van der Waals surface area contributed by atoms with Crippen LogP contribution in [0.25, 0.3) is 0 Å².